The van der Waals surface area contributed by atoms with Crippen molar-refractivity contribution in [2.75, 3.05) is 5.73 Å². The van der Waals surface area contributed by atoms with E-state index in [1.165, 1.54) is 24.4 Å². The topological polar surface area (TPSA) is 180 Å². The monoisotopic (exact) mass is 385 g/mol. The number of non-ortho nitro benzene ring substituents is 1. The van der Waals surface area contributed by atoms with Gasteiger partial charge in [-0.2, -0.15) is 9.78 Å². The zero-order valence-corrected chi connectivity index (χ0v) is 14.8. The number of anilines is 1. The molecule has 1 amide bonds. The molecule has 28 heavy (non-hydrogen) atoms. The normalized spacial score (nSPS) is 11.2. The average Bonchev–Trinajstić information content (AvgIpc) is 3.27. The molecule has 0 aliphatic heterocycles. The first-order valence-electron chi connectivity index (χ1n) is 8.01. The second-order valence-corrected chi connectivity index (χ2v) is 5.94. The van der Waals surface area contributed by atoms with Crippen LogP contribution in [0.1, 0.15) is 24.3 Å². The van der Waals surface area contributed by atoms with Gasteiger partial charge < -0.3 is 5.73 Å². The molecule has 0 radical (unpaired) electrons. The molecule has 144 valence electrons. The van der Waals surface area contributed by atoms with E-state index < -0.39 is 10.8 Å². The van der Waals surface area contributed by atoms with E-state index >= 15 is 0 Å². The summed E-state index contributed by atoms with van der Waals surface area (Å²) in [5.41, 5.74) is 8.14. The SMILES string of the molecule is CC(C)/C=N\NC(=O)c1nnn(-c2nonc2N)c1-c1cccc([N+](=O)[O-])c1. The van der Waals surface area contributed by atoms with Gasteiger partial charge in [0.05, 0.1) is 4.92 Å². The summed E-state index contributed by atoms with van der Waals surface area (Å²) in [7, 11) is 0. The summed E-state index contributed by atoms with van der Waals surface area (Å²) in [6.45, 7) is 3.78. The number of nitrogens with one attached hydrogen (secondary N) is 1. The van der Waals surface area contributed by atoms with Crippen molar-refractivity contribution in [3.63, 3.8) is 0 Å². The number of hydrogen-bond donors (Lipinski definition) is 2. The number of nitrogen functional groups attached to an aromatic ring is 1. The minimum absolute atomic E-state index is 0.0151. The smallest absolute Gasteiger partial charge is 0.294 e. The van der Waals surface area contributed by atoms with Crippen LogP contribution in [0.4, 0.5) is 11.5 Å². The van der Waals surface area contributed by atoms with Crippen LogP contribution in [0.15, 0.2) is 34.0 Å². The van der Waals surface area contributed by atoms with Gasteiger partial charge >= 0.3 is 0 Å². The summed E-state index contributed by atoms with van der Waals surface area (Å²) in [5, 5.41) is 29.8. The molecule has 2 heterocycles. The van der Waals surface area contributed by atoms with Crippen molar-refractivity contribution < 1.29 is 14.3 Å². The van der Waals surface area contributed by atoms with Crippen LogP contribution < -0.4 is 11.2 Å². The average molecular weight is 385 g/mol. The van der Waals surface area contributed by atoms with Crippen molar-refractivity contribution in [3.8, 4) is 17.1 Å². The van der Waals surface area contributed by atoms with E-state index in [2.05, 4.69) is 35.8 Å². The number of rotatable bonds is 6. The Balaban J connectivity index is 2.13. The zero-order chi connectivity index (χ0) is 20.3. The second kappa shape index (κ2) is 7.61. The molecule has 3 aromatic rings. The van der Waals surface area contributed by atoms with Gasteiger partial charge in [0.25, 0.3) is 11.6 Å². The van der Waals surface area contributed by atoms with Crippen LogP contribution in [-0.4, -0.2) is 42.4 Å². The molecule has 0 saturated carbocycles. The fourth-order valence-electron chi connectivity index (χ4n) is 2.24. The number of benzene rings is 1. The maximum atomic E-state index is 12.5. The van der Waals surface area contributed by atoms with Crippen molar-refractivity contribution in [3.05, 3.63) is 40.1 Å². The minimum Gasteiger partial charge on any atom is -0.378 e. The van der Waals surface area contributed by atoms with Gasteiger partial charge in [0.2, 0.25) is 11.6 Å². The third-order valence-corrected chi connectivity index (χ3v) is 3.45. The summed E-state index contributed by atoms with van der Waals surface area (Å²) in [4.78, 5) is 23.1. The highest BCUT2D eigenvalue weighted by Crippen LogP contribution is 2.28. The Hall–Kier alpha value is -4.16. The van der Waals surface area contributed by atoms with E-state index in [1.54, 1.807) is 6.07 Å². The largest absolute Gasteiger partial charge is 0.378 e. The number of hydrazone groups is 1. The van der Waals surface area contributed by atoms with E-state index in [1.807, 2.05) is 13.8 Å². The van der Waals surface area contributed by atoms with Crippen molar-refractivity contribution >= 4 is 23.6 Å². The Kier molecular flexibility index (Phi) is 5.06. The molecular formula is C15H15N9O4. The first-order valence-corrected chi connectivity index (χ1v) is 8.01. The van der Waals surface area contributed by atoms with E-state index in [4.69, 9.17) is 5.73 Å². The van der Waals surface area contributed by atoms with Crippen molar-refractivity contribution in [2.24, 2.45) is 11.0 Å². The molecule has 0 fully saturated rings. The maximum Gasteiger partial charge on any atom is 0.294 e. The van der Waals surface area contributed by atoms with Gasteiger partial charge in [-0.05, 0) is 16.2 Å². The molecular weight excluding hydrogens is 370 g/mol. The number of carbonyl (C=O) groups excluding carboxylic acids is 1. The molecule has 0 aliphatic carbocycles. The lowest BCUT2D eigenvalue weighted by Crippen LogP contribution is -2.19. The summed E-state index contributed by atoms with van der Waals surface area (Å²) >= 11 is 0. The lowest BCUT2D eigenvalue weighted by Gasteiger charge is -2.06. The lowest BCUT2D eigenvalue weighted by molar-refractivity contribution is -0.384. The van der Waals surface area contributed by atoms with Gasteiger partial charge in [0.1, 0.15) is 5.69 Å². The number of nitrogens with zero attached hydrogens (tertiary/aromatic N) is 7. The lowest BCUT2D eigenvalue weighted by atomic mass is 10.1. The van der Waals surface area contributed by atoms with Crippen LogP contribution in [0.5, 0.6) is 0 Å². The molecule has 1 aromatic carbocycles. The molecule has 0 bridgehead atoms. The Bertz CT molecular complexity index is 1050. The molecule has 0 aliphatic rings. The van der Waals surface area contributed by atoms with Gasteiger partial charge in [-0.3, -0.25) is 14.9 Å². The third-order valence-electron chi connectivity index (χ3n) is 3.45. The zero-order valence-electron chi connectivity index (χ0n) is 14.8. The number of nitrogens with two attached hydrogens (primary N) is 1. The van der Waals surface area contributed by atoms with Crippen LogP contribution in [0.3, 0.4) is 0 Å². The van der Waals surface area contributed by atoms with Crippen LogP contribution in [0.25, 0.3) is 17.1 Å². The number of nitro benzene ring substituents is 1. The molecule has 0 unspecified atom stereocenters. The van der Waals surface area contributed by atoms with Crippen molar-refractivity contribution in [1.82, 2.24) is 30.7 Å². The van der Waals surface area contributed by atoms with Gasteiger partial charge in [0, 0.05) is 23.9 Å². The summed E-state index contributed by atoms with van der Waals surface area (Å²) in [6, 6.07) is 5.61. The quantitative estimate of drug-likeness (QED) is 0.357. The van der Waals surface area contributed by atoms with Crippen LogP contribution in [-0.2, 0) is 0 Å². The van der Waals surface area contributed by atoms with Crippen LogP contribution in [0.2, 0.25) is 0 Å². The van der Waals surface area contributed by atoms with Crippen molar-refractivity contribution in [1.29, 1.82) is 0 Å². The molecule has 2 aromatic heterocycles. The highest BCUT2D eigenvalue weighted by Gasteiger charge is 2.26. The maximum absolute atomic E-state index is 12.5. The number of amides is 1. The van der Waals surface area contributed by atoms with Crippen LogP contribution in [0, 0.1) is 16.0 Å². The molecule has 0 saturated heterocycles. The Morgan fingerprint density at radius 3 is 2.86 bits per heavy atom. The fourth-order valence-corrected chi connectivity index (χ4v) is 2.24. The summed E-state index contributed by atoms with van der Waals surface area (Å²) in [6.07, 6.45) is 1.54. The summed E-state index contributed by atoms with van der Waals surface area (Å²) < 4.78 is 5.68. The van der Waals surface area contributed by atoms with E-state index in [0.717, 1.165) is 4.68 Å². The van der Waals surface area contributed by atoms with Gasteiger partial charge in [-0.15, -0.1) is 5.10 Å². The molecule has 3 N–H and O–H groups in total. The van der Waals surface area contributed by atoms with Gasteiger partial charge in [-0.25, -0.2) is 10.1 Å². The molecule has 3 rings (SSSR count). The fraction of sp³-hybridized carbons (Fsp3) is 0.200. The predicted molar refractivity (Wildman–Crippen MR) is 96.5 cm³/mol. The van der Waals surface area contributed by atoms with Gasteiger partial charge in [-0.1, -0.05) is 31.2 Å². The Morgan fingerprint density at radius 2 is 2.21 bits per heavy atom. The second-order valence-electron chi connectivity index (χ2n) is 5.94. The molecule has 0 atom stereocenters. The number of carbonyl (C=O) groups is 1. The van der Waals surface area contributed by atoms with E-state index in [9.17, 15) is 14.9 Å². The minimum atomic E-state index is -0.667. The number of aromatic nitrogens is 5. The molecule has 0 spiro atoms. The first-order chi connectivity index (χ1) is 13.4. The molecule has 13 heteroatoms. The first kappa shape index (κ1) is 18.6. The van der Waals surface area contributed by atoms with Gasteiger partial charge in [0.15, 0.2) is 5.69 Å². The predicted octanol–water partition coefficient (Wildman–Crippen LogP) is 1.18. The number of nitro groups is 1. The van der Waals surface area contributed by atoms with E-state index in [0.29, 0.717) is 5.56 Å². The standard InChI is InChI=1S/C15H15N9O4/c1-8(2)7-17-19-15(25)11-12(9-4-3-5-10(6-9)24(26)27)23(22-18-11)14-13(16)20-28-21-14/h3-8H,1-2H3,(H2,16,20)(H,19,25)/b17-7-. The van der Waals surface area contributed by atoms with E-state index in [-0.39, 0.29) is 34.6 Å². The highest BCUT2D eigenvalue weighted by atomic mass is 16.6. The summed E-state index contributed by atoms with van der Waals surface area (Å²) in [5.74, 6) is -0.659. The van der Waals surface area contributed by atoms with Crippen LogP contribution >= 0.6 is 0 Å². The Morgan fingerprint density at radius 1 is 1.43 bits per heavy atom. The third kappa shape index (κ3) is 3.67. The highest BCUT2D eigenvalue weighted by molar-refractivity contribution is 5.98. The Labute approximate surface area is 157 Å². The van der Waals surface area contributed by atoms with Crippen molar-refractivity contribution in [2.45, 2.75) is 13.8 Å². The molecule has 13 nitrogen and oxygen atoms in total. The number of hydrogen-bond acceptors (Lipinski definition) is 10.